The van der Waals surface area contributed by atoms with Crippen molar-refractivity contribution in [2.45, 2.75) is 40.3 Å². The van der Waals surface area contributed by atoms with Crippen LogP contribution in [0, 0.1) is 20.8 Å². The van der Waals surface area contributed by atoms with Crippen LogP contribution in [0.4, 0.5) is 0 Å². The van der Waals surface area contributed by atoms with Gasteiger partial charge in [0.25, 0.3) is 5.91 Å². The molecule has 0 fully saturated rings. The first-order valence-electron chi connectivity index (χ1n) is 9.32. The third kappa shape index (κ3) is 4.95. The smallest absolute Gasteiger partial charge is 0.263 e. The van der Waals surface area contributed by atoms with Gasteiger partial charge in [0.2, 0.25) is 11.7 Å². The molecule has 0 N–H and O–H groups in total. The number of nitrogens with zero attached hydrogens (tertiary/aromatic N) is 3. The summed E-state index contributed by atoms with van der Waals surface area (Å²) < 4.78 is 11.1. The number of ether oxygens (including phenoxy) is 1. The molecule has 7 heteroatoms. The van der Waals surface area contributed by atoms with Crippen molar-refractivity contribution < 1.29 is 14.1 Å². The third-order valence-electron chi connectivity index (χ3n) is 4.56. The summed E-state index contributed by atoms with van der Waals surface area (Å²) in [5, 5.41) is 4.72. The molecule has 1 heterocycles. The molecule has 0 aliphatic heterocycles. The number of halogens is 1. The topological polar surface area (TPSA) is 68.5 Å². The molecule has 3 aromatic rings. The Morgan fingerprint density at radius 3 is 2.55 bits per heavy atom. The summed E-state index contributed by atoms with van der Waals surface area (Å²) in [6, 6.07) is 11.5. The van der Waals surface area contributed by atoms with Gasteiger partial charge in [-0.05, 0) is 57.0 Å². The quantitative estimate of drug-likeness (QED) is 0.583. The second kappa shape index (κ2) is 8.66. The number of aromatic nitrogens is 2. The fourth-order valence-electron chi connectivity index (χ4n) is 3.04. The van der Waals surface area contributed by atoms with Crippen molar-refractivity contribution in [1.82, 2.24) is 15.0 Å². The van der Waals surface area contributed by atoms with Crippen molar-refractivity contribution in [2.24, 2.45) is 0 Å². The highest BCUT2D eigenvalue weighted by atomic mass is 35.5. The lowest BCUT2D eigenvalue weighted by Crippen LogP contribution is -2.37. The lowest BCUT2D eigenvalue weighted by Gasteiger charge is -2.21. The standard InChI is InChI=1S/C22H24ClN3O3/c1-13-7-6-8-17(9-13)21-24-19(29-25-21)12-26(5)22(27)16(4)28-18-10-14(2)20(23)15(3)11-18/h6-11,16H,12H2,1-5H3/t16-/m0/s1. The van der Waals surface area contributed by atoms with E-state index in [0.717, 1.165) is 22.3 Å². The molecule has 6 nitrogen and oxygen atoms in total. The van der Waals surface area contributed by atoms with Gasteiger partial charge in [0, 0.05) is 17.6 Å². The first-order valence-corrected chi connectivity index (χ1v) is 9.70. The molecule has 0 saturated carbocycles. The van der Waals surface area contributed by atoms with Crippen LogP contribution in [-0.2, 0) is 11.3 Å². The maximum atomic E-state index is 12.7. The number of carbonyl (C=O) groups excluding carboxylic acids is 1. The van der Waals surface area contributed by atoms with Crippen LogP contribution in [0.2, 0.25) is 5.02 Å². The predicted molar refractivity (Wildman–Crippen MR) is 112 cm³/mol. The number of amides is 1. The summed E-state index contributed by atoms with van der Waals surface area (Å²) >= 11 is 6.19. The van der Waals surface area contributed by atoms with Crippen molar-refractivity contribution in [3.05, 3.63) is 64.0 Å². The van der Waals surface area contributed by atoms with Gasteiger partial charge in [-0.2, -0.15) is 4.98 Å². The Balaban J connectivity index is 1.64. The van der Waals surface area contributed by atoms with E-state index < -0.39 is 6.10 Å². The zero-order chi connectivity index (χ0) is 21.1. The number of hydrogen-bond donors (Lipinski definition) is 0. The Morgan fingerprint density at radius 1 is 1.21 bits per heavy atom. The molecule has 0 bridgehead atoms. The number of hydrogen-bond acceptors (Lipinski definition) is 5. The van der Waals surface area contributed by atoms with Gasteiger partial charge in [0.05, 0.1) is 6.54 Å². The molecular formula is C22H24ClN3O3. The van der Waals surface area contributed by atoms with Gasteiger partial charge in [-0.1, -0.05) is 40.5 Å². The van der Waals surface area contributed by atoms with Crippen LogP contribution in [0.3, 0.4) is 0 Å². The van der Waals surface area contributed by atoms with Crippen molar-refractivity contribution in [3.8, 4) is 17.1 Å². The van der Waals surface area contributed by atoms with Gasteiger partial charge >= 0.3 is 0 Å². The maximum Gasteiger partial charge on any atom is 0.263 e. The number of carbonyl (C=O) groups is 1. The number of benzene rings is 2. The van der Waals surface area contributed by atoms with Crippen molar-refractivity contribution >= 4 is 17.5 Å². The van der Waals surface area contributed by atoms with Crippen LogP contribution < -0.4 is 4.74 Å². The molecular weight excluding hydrogens is 390 g/mol. The first kappa shape index (κ1) is 20.9. The van der Waals surface area contributed by atoms with Gasteiger partial charge in [-0.3, -0.25) is 4.79 Å². The van der Waals surface area contributed by atoms with Crippen molar-refractivity contribution in [3.63, 3.8) is 0 Å². The summed E-state index contributed by atoms with van der Waals surface area (Å²) in [5.74, 6) is 1.28. The monoisotopic (exact) mass is 413 g/mol. The minimum Gasteiger partial charge on any atom is -0.481 e. The van der Waals surface area contributed by atoms with Gasteiger partial charge in [0.1, 0.15) is 5.75 Å². The zero-order valence-electron chi connectivity index (χ0n) is 17.2. The molecule has 2 aromatic carbocycles. The Labute approximate surface area is 175 Å². The van der Waals surface area contributed by atoms with Crippen LogP contribution in [0.5, 0.6) is 5.75 Å². The second-order valence-electron chi connectivity index (χ2n) is 7.21. The summed E-state index contributed by atoms with van der Waals surface area (Å²) in [6.07, 6.45) is -0.667. The second-order valence-corrected chi connectivity index (χ2v) is 7.58. The highest BCUT2D eigenvalue weighted by molar-refractivity contribution is 6.32. The molecule has 0 saturated heterocycles. The summed E-state index contributed by atoms with van der Waals surface area (Å²) in [7, 11) is 1.68. The van der Waals surface area contributed by atoms with E-state index in [-0.39, 0.29) is 12.5 Å². The van der Waals surface area contributed by atoms with Crippen LogP contribution >= 0.6 is 11.6 Å². The van der Waals surface area contributed by atoms with E-state index in [1.807, 2.05) is 57.2 Å². The van der Waals surface area contributed by atoms with Crippen molar-refractivity contribution in [1.29, 1.82) is 0 Å². The van der Waals surface area contributed by atoms with Gasteiger partial charge in [-0.25, -0.2) is 0 Å². The Morgan fingerprint density at radius 2 is 1.90 bits per heavy atom. The lowest BCUT2D eigenvalue weighted by molar-refractivity contribution is -0.137. The lowest BCUT2D eigenvalue weighted by atomic mass is 10.1. The fraction of sp³-hybridized carbons (Fsp3) is 0.318. The van der Waals surface area contributed by atoms with Gasteiger partial charge in [-0.15, -0.1) is 0 Å². The SMILES string of the molecule is Cc1cccc(-c2noc(CN(C)C(=O)[C@H](C)Oc3cc(C)c(Cl)c(C)c3)n2)c1. The Hall–Kier alpha value is -2.86. The van der Waals surface area contributed by atoms with Crippen LogP contribution in [-0.4, -0.2) is 34.1 Å². The van der Waals surface area contributed by atoms with E-state index in [9.17, 15) is 4.79 Å². The molecule has 3 rings (SSSR count). The Bertz CT molecular complexity index is 1010. The maximum absolute atomic E-state index is 12.7. The van der Waals surface area contributed by atoms with Crippen LogP contribution in [0.1, 0.15) is 29.5 Å². The molecule has 0 radical (unpaired) electrons. The van der Waals surface area contributed by atoms with E-state index in [0.29, 0.717) is 22.5 Å². The van der Waals surface area contributed by atoms with E-state index in [1.54, 1.807) is 14.0 Å². The number of likely N-dealkylation sites (N-methyl/N-ethyl adjacent to an activating group) is 1. The average Bonchev–Trinajstić information content (AvgIpc) is 3.13. The highest BCUT2D eigenvalue weighted by Gasteiger charge is 2.22. The normalized spacial score (nSPS) is 11.9. The minimum absolute atomic E-state index is 0.189. The molecule has 1 amide bonds. The Kier molecular flexibility index (Phi) is 6.23. The van der Waals surface area contributed by atoms with Gasteiger partial charge in [0.15, 0.2) is 6.10 Å². The predicted octanol–water partition coefficient (Wildman–Crippen LogP) is 4.74. The largest absolute Gasteiger partial charge is 0.481 e. The minimum atomic E-state index is -0.667. The third-order valence-corrected chi connectivity index (χ3v) is 5.16. The molecule has 0 aliphatic rings. The zero-order valence-corrected chi connectivity index (χ0v) is 17.9. The summed E-state index contributed by atoms with van der Waals surface area (Å²) in [4.78, 5) is 18.6. The molecule has 0 aliphatic carbocycles. The summed E-state index contributed by atoms with van der Waals surface area (Å²) in [6.45, 7) is 7.72. The van der Waals surface area contributed by atoms with E-state index in [1.165, 1.54) is 4.90 Å². The van der Waals surface area contributed by atoms with Crippen molar-refractivity contribution in [2.75, 3.05) is 7.05 Å². The number of aryl methyl sites for hydroxylation is 3. The number of rotatable bonds is 6. The summed E-state index contributed by atoms with van der Waals surface area (Å²) in [5.41, 5.74) is 3.80. The molecule has 1 atom stereocenters. The highest BCUT2D eigenvalue weighted by Crippen LogP contribution is 2.26. The molecule has 0 unspecified atom stereocenters. The van der Waals surface area contributed by atoms with Crippen LogP contribution in [0.25, 0.3) is 11.4 Å². The van der Waals surface area contributed by atoms with E-state index in [2.05, 4.69) is 10.1 Å². The first-order chi connectivity index (χ1) is 13.7. The van der Waals surface area contributed by atoms with Crippen LogP contribution in [0.15, 0.2) is 40.9 Å². The molecule has 29 heavy (non-hydrogen) atoms. The molecule has 152 valence electrons. The van der Waals surface area contributed by atoms with E-state index >= 15 is 0 Å². The molecule has 1 aromatic heterocycles. The average molecular weight is 414 g/mol. The molecule has 0 spiro atoms. The van der Waals surface area contributed by atoms with E-state index in [4.69, 9.17) is 20.9 Å². The van der Waals surface area contributed by atoms with Gasteiger partial charge < -0.3 is 14.2 Å². The fourth-order valence-corrected chi connectivity index (χ4v) is 3.15.